The van der Waals surface area contributed by atoms with E-state index in [1.54, 1.807) is 12.1 Å². The third-order valence-electron chi connectivity index (χ3n) is 2.75. The van der Waals surface area contributed by atoms with Crippen LogP contribution in [0.5, 0.6) is 5.75 Å². The van der Waals surface area contributed by atoms with Crippen LogP contribution < -0.4 is 5.32 Å². The molecule has 90 valence electrons. The molecule has 0 aliphatic rings. The molecule has 0 radical (unpaired) electrons. The quantitative estimate of drug-likeness (QED) is 0.677. The lowest BCUT2D eigenvalue weighted by atomic mass is 10.1. The first kappa shape index (κ1) is 12.9. The van der Waals surface area contributed by atoms with Crippen molar-refractivity contribution in [2.45, 2.75) is 52.0 Å². The Labute approximate surface area is 98.7 Å². The molecule has 1 rings (SSSR count). The van der Waals surface area contributed by atoms with Crippen molar-refractivity contribution in [1.29, 1.82) is 0 Å². The van der Waals surface area contributed by atoms with Crippen LogP contribution in [0.15, 0.2) is 24.3 Å². The van der Waals surface area contributed by atoms with Crippen molar-refractivity contribution >= 4 is 5.69 Å². The molecule has 0 heterocycles. The topological polar surface area (TPSA) is 32.3 Å². The molecule has 2 nitrogen and oxygen atoms in total. The highest BCUT2D eigenvalue weighted by atomic mass is 16.3. The van der Waals surface area contributed by atoms with Gasteiger partial charge in [-0.05, 0) is 25.5 Å². The SMILES string of the molecule is CCCCCCC(C)Nc1cccc(O)c1. The lowest BCUT2D eigenvalue weighted by Crippen LogP contribution is -2.14. The molecule has 1 unspecified atom stereocenters. The molecule has 2 heteroatoms. The summed E-state index contributed by atoms with van der Waals surface area (Å²) in [5.41, 5.74) is 1.00. The predicted octanol–water partition coefficient (Wildman–Crippen LogP) is 4.16. The highest BCUT2D eigenvalue weighted by Gasteiger charge is 2.02. The van der Waals surface area contributed by atoms with Gasteiger partial charge in [-0.15, -0.1) is 0 Å². The maximum atomic E-state index is 9.33. The normalized spacial score (nSPS) is 12.4. The number of hydrogen-bond acceptors (Lipinski definition) is 2. The van der Waals surface area contributed by atoms with Crippen LogP contribution in [0.2, 0.25) is 0 Å². The summed E-state index contributed by atoms with van der Waals surface area (Å²) in [6.07, 6.45) is 6.41. The van der Waals surface area contributed by atoms with Gasteiger partial charge < -0.3 is 10.4 Å². The second-order valence-corrected chi connectivity index (χ2v) is 4.45. The molecule has 1 aromatic carbocycles. The third kappa shape index (κ3) is 5.06. The van der Waals surface area contributed by atoms with E-state index in [2.05, 4.69) is 19.2 Å². The lowest BCUT2D eigenvalue weighted by Gasteiger charge is -2.15. The fourth-order valence-electron chi connectivity index (χ4n) is 1.83. The monoisotopic (exact) mass is 221 g/mol. The Morgan fingerprint density at radius 2 is 2.06 bits per heavy atom. The number of nitrogens with one attached hydrogen (secondary N) is 1. The molecule has 2 N–H and O–H groups in total. The van der Waals surface area contributed by atoms with Gasteiger partial charge in [0.1, 0.15) is 5.75 Å². The third-order valence-corrected chi connectivity index (χ3v) is 2.75. The van der Waals surface area contributed by atoms with Crippen LogP contribution >= 0.6 is 0 Å². The molecule has 0 aliphatic heterocycles. The van der Waals surface area contributed by atoms with Crippen molar-refractivity contribution in [3.63, 3.8) is 0 Å². The number of phenols is 1. The molecular weight excluding hydrogens is 198 g/mol. The Hall–Kier alpha value is -1.18. The zero-order chi connectivity index (χ0) is 11.8. The summed E-state index contributed by atoms with van der Waals surface area (Å²) in [6, 6.07) is 7.78. The smallest absolute Gasteiger partial charge is 0.117 e. The number of anilines is 1. The Kier molecular flexibility index (Phi) is 5.76. The number of phenolic OH excluding ortho intramolecular Hbond substituents is 1. The summed E-state index contributed by atoms with van der Waals surface area (Å²) in [7, 11) is 0. The first-order chi connectivity index (χ1) is 7.72. The van der Waals surface area contributed by atoms with Gasteiger partial charge in [-0.3, -0.25) is 0 Å². The Morgan fingerprint density at radius 1 is 1.25 bits per heavy atom. The van der Waals surface area contributed by atoms with Gasteiger partial charge in [-0.2, -0.15) is 0 Å². The molecule has 0 saturated heterocycles. The van der Waals surface area contributed by atoms with Gasteiger partial charge in [0.15, 0.2) is 0 Å². The summed E-state index contributed by atoms with van der Waals surface area (Å²) in [6.45, 7) is 4.42. The number of hydrogen-bond donors (Lipinski definition) is 2. The highest BCUT2D eigenvalue weighted by molar-refractivity contribution is 5.48. The number of rotatable bonds is 7. The second-order valence-electron chi connectivity index (χ2n) is 4.45. The molecule has 0 aromatic heterocycles. The van der Waals surface area contributed by atoms with Crippen LogP contribution in [-0.2, 0) is 0 Å². The molecule has 0 aliphatic carbocycles. The molecule has 0 bridgehead atoms. The van der Waals surface area contributed by atoms with E-state index in [-0.39, 0.29) is 0 Å². The minimum atomic E-state index is 0.322. The van der Waals surface area contributed by atoms with Crippen LogP contribution in [-0.4, -0.2) is 11.1 Å². The van der Waals surface area contributed by atoms with Crippen LogP contribution in [0.4, 0.5) is 5.69 Å². The van der Waals surface area contributed by atoms with E-state index in [1.807, 2.05) is 12.1 Å². The van der Waals surface area contributed by atoms with E-state index < -0.39 is 0 Å². The fourth-order valence-corrected chi connectivity index (χ4v) is 1.83. The Morgan fingerprint density at radius 3 is 2.75 bits per heavy atom. The summed E-state index contributed by atoms with van der Waals surface area (Å²) < 4.78 is 0. The van der Waals surface area contributed by atoms with E-state index in [0.717, 1.165) is 5.69 Å². The molecule has 0 spiro atoms. The minimum absolute atomic E-state index is 0.322. The van der Waals surface area contributed by atoms with Gasteiger partial charge in [0.25, 0.3) is 0 Å². The molecule has 1 aromatic rings. The largest absolute Gasteiger partial charge is 0.508 e. The molecule has 0 saturated carbocycles. The van der Waals surface area contributed by atoms with Gasteiger partial charge in [0.2, 0.25) is 0 Å². The van der Waals surface area contributed by atoms with Crippen molar-refractivity contribution in [1.82, 2.24) is 0 Å². The number of benzene rings is 1. The molecule has 0 amide bonds. The zero-order valence-corrected chi connectivity index (χ0v) is 10.4. The molecule has 1 atom stereocenters. The van der Waals surface area contributed by atoms with Crippen LogP contribution in [0.25, 0.3) is 0 Å². The summed E-state index contributed by atoms with van der Waals surface area (Å²) >= 11 is 0. The van der Waals surface area contributed by atoms with Crippen molar-refractivity contribution in [3.8, 4) is 5.75 Å². The molecule has 16 heavy (non-hydrogen) atoms. The van der Waals surface area contributed by atoms with E-state index in [1.165, 1.54) is 32.1 Å². The van der Waals surface area contributed by atoms with E-state index in [9.17, 15) is 5.11 Å². The maximum Gasteiger partial charge on any atom is 0.117 e. The van der Waals surface area contributed by atoms with Crippen molar-refractivity contribution in [2.75, 3.05) is 5.32 Å². The van der Waals surface area contributed by atoms with Gasteiger partial charge in [-0.25, -0.2) is 0 Å². The van der Waals surface area contributed by atoms with Crippen LogP contribution in [0.3, 0.4) is 0 Å². The van der Waals surface area contributed by atoms with Gasteiger partial charge in [0.05, 0.1) is 0 Å². The van der Waals surface area contributed by atoms with E-state index in [0.29, 0.717) is 11.8 Å². The number of aromatic hydroxyl groups is 1. The van der Waals surface area contributed by atoms with Crippen molar-refractivity contribution < 1.29 is 5.11 Å². The first-order valence-electron chi connectivity index (χ1n) is 6.28. The van der Waals surface area contributed by atoms with Gasteiger partial charge in [0, 0.05) is 17.8 Å². The minimum Gasteiger partial charge on any atom is -0.508 e. The number of unbranched alkanes of at least 4 members (excludes halogenated alkanes) is 3. The Bertz CT molecular complexity index is 299. The molecular formula is C14H23NO. The summed E-state index contributed by atoms with van der Waals surface area (Å²) in [4.78, 5) is 0. The average molecular weight is 221 g/mol. The second kappa shape index (κ2) is 7.15. The average Bonchev–Trinajstić information content (AvgIpc) is 2.24. The van der Waals surface area contributed by atoms with E-state index in [4.69, 9.17) is 0 Å². The van der Waals surface area contributed by atoms with Gasteiger partial charge >= 0.3 is 0 Å². The van der Waals surface area contributed by atoms with Crippen molar-refractivity contribution in [2.24, 2.45) is 0 Å². The summed E-state index contributed by atoms with van der Waals surface area (Å²) in [5, 5.41) is 12.7. The maximum absolute atomic E-state index is 9.33. The van der Waals surface area contributed by atoms with Gasteiger partial charge in [-0.1, -0.05) is 38.7 Å². The predicted molar refractivity (Wildman–Crippen MR) is 70.0 cm³/mol. The highest BCUT2D eigenvalue weighted by Crippen LogP contribution is 2.17. The van der Waals surface area contributed by atoms with Crippen LogP contribution in [0.1, 0.15) is 46.0 Å². The Balaban J connectivity index is 2.25. The summed E-state index contributed by atoms with van der Waals surface area (Å²) in [5.74, 6) is 0.322. The van der Waals surface area contributed by atoms with E-state index >= 15 is 0 Å². The standard InChI is InChI=1S/C14H23NO/c1-3-4-5-6-8-12(2)15-13-9-7-10-14(16)11-13/h7,9-12,15-16H,3-6,8H2,1-2H3. The van der Waals surface area contributed by atoms with Crippen molar-refractivity contribution in [3.05, 3.63) is 24.3 Å². The van der Waals surface area contributed by atoms with Crippen LogP contribution in [0, 0.1) is 0 Å². The first-order valence-corrected chi connectivity index (χ1v) is 6.28. The lowest BCUT2D eigenvalue weighted by molar-refractivity contribution is 0.475. The zero-order valence-electron chi connectivity index (χ0n) is 10.4. The fraction of sp³-hybridized carbons (Fsp3) is 0.571. The molecule has 0 fully saturated rings.